The second-order valence-electron chi connectivity index (χ2n) is 6.90. The van der Waals surface area contributed by atoms with Crippen LogP contribution < -0.4 is 5.32 Å². The number of nitrogens with one attached hydrogen (secondary N) is 1. The second-order valence-corrected chi connectivity index (χ2v) is 6.90. The van der Waals surface area contributed by atoms with Crippen molar-refractivity contribution in [1.82, 2.24) is 20.1 Å². The minimum Gasteiger partial charge on any atom is -0.467 e. The zero-order chi connectivity index (χ0) is 18.2. The fraction of sp³-hybridized carbons (Fsp3) is 0.500. The van der Waals surface area contributed by atoms with Crippen LogP contribution in [0.15, 0.2) is 47.2 Å². The Kier molecular flexibility index (Phi) is 6.66. The van der Waals surface area contributed by atoms with Crippen LogP contribution in [0, 0.1) is 5.92 Å². The molecule has 26 heavy (non-hydrogen) atoms. The molecule has 2 aromatic rings. The van der Waals surface area contributed by atoms with Gasteiger partial charge in [-0.05, 0) is 56.1 Å². The van der Waals surface area contributed by atoms with Crippen molar-refractivity contribution in [3.8, 4) is 0 Å². The molecular formula is C20H28N4O2. The van der Waals surface area contributed by atoms with Gasteiger partial charge in [0.25, 0.3) is 0 Å². The number of likely N-dealkylation sites (tertiary alicyclic amines) is 1. The summed E-state index contributed by atoms with van der Waals surface area (Å²) < 4.78 is 5.42. The molecule has 6 heteroatoms. The van der Waals surface area contributed by atoms with Gasteiger partial charge in [-0.2, -0.15) is 0 Å². The molecule has 6 nitrogen and oxygen atoms in total. The fourth-order valence-electron chi connectivity index (χ4n) is 3.42. The van der Waals surface area contributed by atoms with E-state index in [2.05, 4.69) is 22.1 Å². The van der Waals surface area contributed by atoms with Crippen molar-refractivity contribution in [3.05, 3.63) is 54.2 Å². The Morgan fingerprint density at radius 1 is 1.35 bits per heavy atom. The molecule has 1 atom stereocenters. The normalized spacial score (nSPS) is 17.3. The van der Waals surface area contributed by atoms with E-state index in [1.165, 1.54) is 6.42 Å². The van der Waals surface area contributed by atoms with Crippen molar-refractivity contribution in [2.24, 2.45) is 5.92 Å². The summed E-state index contributed by atoms with van der Waals surface area (Å²) in [4.78, 5) is 21.3. The number of carbonyl (C=O) groups is 1. The first-order chi connectivity index (χ1) is 12.7. The van der Waals surface area contributed by atoms with E-state index in [9.17, 15) is 4.79 Å². The van der Waals surface area contributed by atoms with Gasteiger partial charge < -0.3 is 19.5 Å². The van der Waals surface area contributed by atoms with E-state index in [4.69, 9.17) is 4.42 Å². The van der Waals surface area contributed by atoms with Gasteiger partial charge in [-0.15, -0.1) is 0 Å². The molecule has 1 fully saturated rings. The van der Waals surface area contributed by atoms with Crippen molar-refractivity contribution < 1.29 is 9.21 Å². The van der Waals surface area contributed by atoms with Crippen LogP contribution >= 0.6 is 0 Å². The third kappa shape index (κ3) is 5.33. The van der Waals surface area contributed by atoms with Gasteiger partial charge >= 0.3 is 6.03 Å². The van der Waals surface area contributed by atoms with Gasteiger partial charge in [-0.1, -0.05) is 13.0 Å². The summed E-state index contributed by atoms with van der Waals surface area (Å²) in [5.41, 5.74) is 0.865. The molecule has 0 spiro atoms. The number of carbonyl (C=O) groups excluding carboxylic acids is 1. The molecule has 0 aliphatic carbocycles. The Labute approximate surface area is 155 Å². The predicted octanol–water partition coefficient (Wildman–Crippen LogP) is 3.12. The van der Waals surface area contributed by atoms with Crippen LogP contribution in [0.3, 0.4) is 0 Å². The molecule has 1 saturated heterocycles. The van der Waals surface area contributed by atoms with Crippen LogP contribution in [0.4, 0.5) is 4.79 Å². The lowest BCUT2D eigenvalue weighted by Crippen LogP contribution is -2.41. The van der Waals surface area contributed by atoms with Gasteiger partial charge in [-0.25, -0.2) is 4.79 Å². The van der Waals surface area contributed by atoms with Crippen LogP contribution in [0.25, 0.3) is 0 Å². The molecule has 0 radical (unpaired) electrons. The highest BCUT2D eigenvalue weighted by Crippen LogP contribution is 2.16. The number of pyridine rings is 1. The van der Waals surface area contributed by atoms with Gasteiger partial charge in [0.05, 0.1) is 25.0 Å². The summed E-state index contributed by atoms with van der Waals surface area (Å²) >= 11 is 0. The highest BCUT2D eigenvalue weighted by Gasteiger charge is 2.23. The average Bonchev–Trinajstić information content (AvgIpc) is 3.32. The maximum absolute atomic E-state index is 12.8. The zero-order valence-electron chi connectivity index (χ0n) is 15.4. The van der Waals surface area contributed by atoms with E-state index in [0.29, 0.717) is 19.0 Å². The molecule has 1 aliphatic heterocycles. The number of nitrogens with zero attached hydrogens (tertiary/aromatic N) is 3. The summed E-state index contributed by atoms with van der Waals surface area (Å²) in [5.74, 6) is 1.30. The molecule has 3 heterocycles. The molecule has 1 N–H and O–H groups in total. The van der Waals surface area contributed by atoms with Gasteiger partial charge in [0.2, 0.25) is 0 Å². The van der Waals surface area contributed by atoms with Crippen molar-refractivity contribution in [3.63, 3.8) is 0 Å². The Bertz CT molecular complexity index is 660. The smallest absolute Gasteiger partial charge is 0.318 e. The summed E-state index contributed by atoms with van der Waals surface area (Å²) in [5, 5.41) is 3.11. The number of furan rings is 1. The Hall–Kier alpha value is -2.34. The number of rotatable bonds is 8. The van der Waals surface area contributed by atoms with Crippen LogP contribution in [0.1, 0.15) is 31.2 Å². The highest BCUT2D eigenvalue weighted by molar-refractivity contribution is 5.74. The summed E-state index contributed by atoms with van der Waals surface area (Å²) in [7, 11) is 0. The fourth-order valence-corrected chi connectivity index (χ4v) is 3.42. The summed E-state index contributed by atoms with van der Waals surface area (Å²) in [6, 6.07) is 9.41. The first kappa shape index (κ1) is 18.5. The summed E-state index contributed by atoms with van der Waals surface area (Å²) in [6.45, 7) is 7.18. The molecule has 1 aliphatic rings. The molecule has 2 amide bonds. The van der Waals surface area contributed by atoms with E-state index >= 15 is 0 Å². The number of aromatic nitrogens is 1. The third-order valence-corrected chi connectivity index (χ3v) is 4.74. The Morgan fingerprint density at radius 3 is 3.00 bits per heavy atom. The van der Waals surface area contributed by atoms with Crippen molar-refractivity contribution in [1.29, 1.82) is 0 Å². The lowest BCUT2D eigenvalue weighted by atomic mass is 10.1. The van der Waals surface area contributed by atoms with Gasteiger partial charge in [0.15, 0.2) is 0 Å². The number of amides is 2. The molecule has 0 saturated carbocycles. The van der Waals surface area contributed by atoms with Gasteiger partial charge in [0.1, 0.15) is 5.76 Å². The average molecular weight is 356 g/mol. The lowest BCUT2D eigenvalue weighted by molar-refractivity contribution is 0.184. The van der Waals surface area contributed by atoms with Crippen LogP contribution in [-0.2, 0) is 13.1 Å². The molecule has 2 aromatic heterocycles. The van der Waals surface area contributed by atoms with E-state index in [0.717, 1.165) is 44.1 Å². The molecule has 0 aromatic carbocycles. The van der Waals surface area contributed by atoms with Crippen molar-refractivity contribution >= 4 is 6.03 Å². The lowest BCUT2D eigenvalue weighted by Gasteiger charge is -2.23. The monoisotopic (exact) mass is 356 g/mol. The SMILES string of the molecule is CCCN1CCC(CNC(=O)N(Cc2ccccn2)Cc2ccco2)C1. The molecular weight excluding hydrogens is 328 g/mol. The standard InChI is InChI=1S/C20H28N4O2/c1-2-10-23-11-8-17(14-23)13-22-20(25)24(16-19-7-5-12-26-19)15-18-6-3-4-9-21-18/h3-7,9,12,17H,2,8,10-11,13-16H2,1H3,(H,22,25). The quantitative estimate of drug-likeness (QED) is 0.789. The second kappa shape index (κ2) is 9.38. The maximum Gasteiger partial charge on any atom is 0.318 e. The molecule has 140 valence electrons. The van der Waals surface area contributed by atoms with Gasteiger partial charge in [-0.3, -0.25) is 4.98 Å². The Balaban J connectivity index is 1.56. The number of urea groups is 1. The van der Waals surface area contributed by atoms with Crippen molar-refractivity contribution in [2.45, 2.75) is 32.9 Å². The highest BCUT2D eigenvalue weighted by atomic mass is 16.3. The van der Waals surface area contributed by atoms with E-state index in [1.54, 1.807) is 17.4 Å². The summed E-state index contributed by atoms with van der Waals surface area (Å²) in [6.07, 6.45) is 5.71. The third-order valence-electron chi connectivity index (χ3n) is 4.74. The van der Waals surface area contributed by atoms with Crippen LogP contribution in [-0.4, -0.2) is 47.0 Å². The molecule has 1 unspecified atom stereocenters. The first-order valence-electron chi connectivity index (χ1n) is 9.42. The Morgan fingerprint density at radius 2 is 2.27 bits per heavy atom. The minimum absolute atomic E-state index is 0.0685. The van der Waals surface area contributed by atoms with E-state index in [1.807, 2.05) is 30.3 Å². The van der Waals surface area contributed by atoms with Crippen LogP contribution in [0.5, 0.6) is 0 Å². The largest absolute Gasteiger partial charge is 0.467 e. The molecule has 3 rings (SSSR count). The van der Waals surface area contributed by atoms with Crippen LogP contribution in [0.2, 0.25) is 0 Å². The number of hydrogen-bond donors (Lipinski definition) is 1. The first-order valence-corrected chi connectivity index (χ1v) is 9.42. The van der Waals surface area contributed by atoms with E-state index in [-0.39, 0.29) is 6.03 Å². The van der Waals surface area contributed by atoms with E-state index < -0.39 is 0 Å². The minimum atomic E-state index is -0.0685. The topological polar surface area (TPSA) is 61.6 Å². The maximum atomic E-state index is 12.8. The number of hydrogen-bond acceptors (Lipinski definition) is 4. The predicted molar refractivity (Wildman–Crippen MR) is 100 cm³/mol. The molecule has 0 bridgehead atoms. The zero-order valence-corrected chi connectivity index (χ0v) is 15.4. The van der Waals surface area contributed by atoms with Crippen molar-refractivity contribution in [2.75, 3.05) is 26.2 Å². The van der Waals surface area contributed by atoms with Gasteiger partial charge in [0, 0.05) is 19.3 Å².